The highest BCUT2D eigenvalue weighted by molar-refractivity contribution is 5.75. The first kappa shape index (κ1) is 20.8. The number of nitrogens with zero attached hydrogens (tertiary/aromatic N) is 4. The van der Waals surface area contributed by atoms with Crippen molar-refractivity contribution in [3.8, 4) is 6.07 Å². The number of hydrogen-bond acceptors (Lipinski definition) is 4. The van der Waals surface area contributed by atoms with Crippen molar-refractivity contribution in [1.29, 1.82) is 5.26 Å². The Bertz CT molecular complexity index is 1010. The Hall–Kier alpha value is -3.11. The quantitative estimate of drug-likeness (QED) is 0.805. The van der Waals surface area contributed by atoms with E-state index in [0.29, 0.717) is 42.8 Å². The summed E-state index contributed by atoms with van der Waals surface area (Å²) in [5, 5.41) is 12.1. The van der Waals surface area contributed by atoms with Gasteiger partial charge in [0.2, 0.25) is 0 Å². The van der Waals surface area contributed by atoms with Gasteiger partial charge in [-0.15, -0.1) is 0 Å². The van der Waals surface area contributed by atoms with Crippen LogP contribution in [0.25, 0.3) is 0 Å². The van der Waals surface area contributed by atoms with E-state index < -0.39 is 0 Å². The maximum Gasteiger partial charge on any atom is 0.317 e. The summed E-state index contributed by atoms with van der Waals surface area (Å²) < 4.78 is 14.3. The summed E-state index contributed by atoms with van der Waals surface area (Å²) >= 11 is 0. The normalized spacial score (nSPS) is 20.4. The van der Waals surface area contributed by atoms with Crippen molar-refractivity contribution in [2.75, 3.05) is 44.2 Å². The number of anilines is 1. The molecule has 1 spiro atoms. The number of likely N-dealkylation sites (tertiary alicyclic amines) is 1. The van der Waals surface area contributed by atoms with E-state index in [0.717, 1.165) is 32.5 Å². The molecule has 3 fully saturated rings. The summed E-state index contributed by atoms with van der Waals surface area (Å²) in [7, 11) is 0. The molecule has 3 aliphatic rings. The average Bonchev–Trinajstić information content (AvgIpc) is 2.77. The van der Waals surface area contributed by atoms with Gasteiger partial charge in [-0.1, -0.05) is 30.3 Å². The van der Waals surface area contributed by atoms with Crippen molar-refractivity contribution >= 4 is 11.7 Å². The lowest BCUT2D eigenvalue weighted by Gasteiger charge is -2.59. The molecule has 0 aromatic heterocycles. The third-order valence-corrected chi connectivity index (χ3v) is 7.04. The molecule has 166 valence electrons. The minimum atomic E-state index is -0.386. The number of amides is 2. The Morgan fingerprint density at radius 2 is 1.81 bits per heavy atom. The van der Waals surface area contributed by atoms with Gasteiger partial charge in [-0.05, 0) is 42.0 Å². The van der Waals surface area contributed by atoms with Gasteiger partial charge in [0.25, 0.3) is 0 Å². The fraction of sp³-hybridized carbons (Fsp3) is 0.440. The van der Waals surface area contributed by atoms with Gasteiger partial charge in [0.05, 0.1) is 17.3 Å². The first-order valence-electron chi connectivity index (χ1n) is 11.3. The molecule has 2 heterocycles. The second-order valence-corrected chi connectivity index (χ2v) is 9.44. The number of carbonyl (C=O) groups is 1. The molecule has 2 saturated heterocycles. The molecule has 2 amide bonds. The minimum absolute atomic E-state index is 0.00901. The minimum Gasteiger partial charge on any atom is -0.366 e. The SMILES string of the molecule is N#Cc1ccc(N2CCN(C(=O)NC3CC4(C3)CN(Cc3ccccc3)C4)CC2)c(F)c1. The van der Waals surface area contributed by atoms with Crippen molar-refractivity contribution in [3.05, 3.63) is 65.5 Å². The van der Waals surface area contributed by atoms with Gasteiger partial charge in [-0.25, -0.2) is 9.18 Å². The second kappa shape index (κ2) is 8.44. The molecule has 0 radical (unpaired) electrons. The summed E-state index contributed by atoms with van der Waals surface area (Å²) in [5.41, 5.74) is 2.55. The van der Waals surface area contributed by atoms with Crippen LogP contribution in [0.2, 0.25) is 0 Å². The molecule has 2 aliphatic heterocycles. The van der Waals surface area contributed by atoms with E-state index in [2.05, 4.69) is 34.5 Å². The van der Waals surface area contributed by atoms with Gasteiger partial charge in [-0.3, -0.25) is 4.90 Å². The topological polar surface area (TPSA) is 62.6 Å². The summed E-state index contributed by atoms with van der Waals surface area (Å²) in [5.74, 6) is -0.386. The lowest BCUT2D eigenvalue weighted by molar-refractivity contribution is -0.0809. The second-order valence-electron chi connectivity index (χ2n) is 9.44. The first-order valence-corrected chi connectivity index (χ1v) is 11.3. The van der Waals surface area contributed by atoms with Crippen molar-refractivity contribution in [1.82, 2.24) is 15.1 Å². The number of piperazine rings is 1. The van der Waals surface area contributed by atoms with Crippen LogP contribution >= 0.6 is 0 Å². The molecule has 1 N–H and O–H groups in total. The van der Waals surface area contributed by atoms with E-state index in [1.54, 1.807) is 12.1 Å². The predicted octanol–water partition coefficient (Wildman–Crippen LogP) is 3.19. The highest BCUT2D eigenvalue weighted by Gasteiger charge is 2.52. The molecular weight excluding hydrogens is 405 g/mol. The highest BCUT2D eigenvalue weighted by atomic mass is 19.1. The molecule has 2 aromatic rings. The number of rotatable bonds is 4. The number of halogens is 1. The molecule has 1 saturated carbocycles. The fourth-order valence-corrected chi connectivity index (χ4v) is 5.45. The van der Waals surface area contributed by atoms with Crippen molar-refractivity contribution < 1.29 is 9.18 Å². The zero-order valence-electron chi connectivity index (χ0n) is 18.1. The molecular formula is C25H28FN5O. The van der Waals surface area contributed by atoms with E-state index in [1.165, 1.54) is 11.6 Å². The summed E-state index contributed by atoms with van der Waals surface area (Å²) in [6.45, 7) is 5.52. The van der Waals surface area contributed by atoms with Crippen LogP contribution in [0, 0.1) is 22.6 Å². The third kappa shape index (κ3) is 4.15. The molecule has 32 heavy (non-hydrogen) atoms. The summed E-state index contributed by atoms with van der Waals surface area (Å²) in [6, 6.07) is 17.3. The lowest BCUT2D eigenvalue weighted by atomic mass is 9.60. The number of nitriles is 1. The van der Waals surface area contributed by atoms with Crippen LogP contribution in [0.3, 0.4) is 0 Å². The Morgan fingerprint density at radius 1 is 1.09 bits per heavy atom. The van der Waals surface area contributed by atoms with Crippen LogP contribution in [0.1, 0.15) is 24.0 Å². The average molecular weight is 434 g/mol. The van der Waals surface area contributed by atoms with E-state index >= 15 is 0 Å². The van der Waals surface area contributed by atoms with Gasteiger partial charge in [0.1, 0.15) is 5.82 Å². The maximum absolute atomic E-state index is 14.3. The largest absolute Gasteiger partial charge is 0.366 e. The van der Waals surface area contributed by atoms with Crippen molar-refractivity contribution in [2.45, 2.75) is 25.4 Å². The van der Waals surface area contributed by atoms with E-state index in [4.69, 9.17) is 5.26 Å². The number of hydrogen-bond donors (Lipinski definition) is 1. The molecule has 1 aliphatic carbocycles. The highest BCUT2D eigenvalue weighted by Crippen LogP contribution is 2.48. The Balaban J connectivity index is 1.04. The summed E-state index contributed by atoms with van der Waals surface area (Å²) in [4.78, 5) is 18.9. The van der Waals surface area contributed by atoms with Gasteiger partial charge in [-0.2, -0.15) is 5.26 Å². The van der Waals surface area contributed by atoms with Gasteiger partial charge < -0.3 is 15.1 Å². The predicted molar refractivity (Wildman–Crippen MR) is 121 cm³/mol. The smallest absolute Gasteiger partial charge is 0.317 e. The number of urea groups is 1. The Labute approximate surface area is 188 Å². The molecule has 0 bridgehead atoms. The standard InChI is InChI=1S/C25H28FN5O/c26-22-12-20(15-27)6-7-23(22)30-8-10-31(11-9-30)24(32)28-21-13-25(14-21)17-29(18-25)16-19-4-2-1-3-5-19/h1-7,12,21H,8-11,13-14,16-18H2,(H,28,32). The third-order valence-electron chi connectivity index (χ3n) is 7.04. The Kier molecular flexibility index (Phi) is 5.48. The van der Waals surface area contributed by atoms with E-state index in [9.17, 15) is 9.18 Å². The van der Waals surface area contributed by atoms with Crippen LogP contribution in [0.5, 0.6) is 0 Å². The molecule has 7 heteroatoms. The van der Waals surface area contributed by atoms with Crippen LogP contribution in [-0.4, -0.2) is 61.1 Å². The zero-order valence-corrected chi connectivity index (χ0v) is 18.1. The molecule has 2 aromatic carbocycles. The summed E-state index contributed by atoms with van der Waals surface area (Å²) in [6.07, 6.45) is 2.11. The van der Waals surface area contributed by atoms with E-state index in [-0.39, 0.29) is 17.9 Å². The van der Waals surface area contributed by atoms with Crippen LogP contribution < -0.4 is 10.2 Å². The number of benzene rings is 2. The lowest BCUT2D eigenvalue weighted by Crippen LogP contribution is -2.67. The zero-order chi connectivity index (χ0) is 22.1. The first-order chi connectivity index (χ1) is 15.5. The fourth-order valence-electron chi connectivity index (χ4n) is 5.45. The van der Waals surface area contributed by atoms with Crippen LogP contribution in [0.15, 0.2) is 48.5 Å². The van der Waals surface area contributed by atoms with Gasteiger partial charge in [0.15, 0.2) is 0 Å². The van der Waals surface area contributed by atoms with Crippen molar-refractivity contribution in [3.63, 3.8) is 0 Å². The van der Waals surface area contributed by atoms with E-state index in [1.807, 2.05) is 21.9 Å². The number of carbonyl (C=O) groups excluding carboxylic acids is 1. The molecule has 0 unspecified atom stereocenters. The molecule has 6 nitrogen and oxygen atoms in total. The molecule has 0 atom stereocenters. The Morgan fingerprint density at radius 3 is 2.47 bits per heavy atom. The van der Waals surface area contributed by atoms with Gasteiger partial charge >= 0.3 is 6.03 Å². The number of nitrogens with one attached hydrogen (secondary N) is 1. The maximum atomic E-state index is 14.3. The molecule has 5 rings (SSSR count). The van der Waals surface area contributed by atoms with Crippen LogP contribution in [0.4, 0.5) is 14.9 Å². The van der Waals surface area contributed by atoms with Gasteiger partial charge in [0, 0.05) is 51.9 Å². The monoisotopic (exact) mass is 433 g/mol. The van der Waals surface area contributed by atoms with Crippen molar-refractivity contribution in [2.24, 2.45) is 5.41 Å². The van der Waals surface area contributed by atoms with Crippen LogP contribution in [-0.2, 0) is 6.54 Å².